The topological polar surface area (TPSA) is 117 Å². The normalized spacial score (nSPS) is 10.3. The molecule has 192 valence electrons. The number of para-hydroxylation sites is 1. The molecular weight excluding hydrogens is 488 g/mol. The Bertz CT molecular complexity index is 1420. The molecule has 9 nitrogen and oxygen atoms in total. The lowest BCUT2D eigenvalue weighted by Crippen LogP contribution is -2.20. The van der Waals surface area contributed by atoms with Crippen LogP contribution in [0, 0.1) is 17.0 Å². The molecule has 38 heavy (non-hydrogen) atoms. The smallest absolute Gasteiger partial charge is 0.338 e. The maximum Gasteiger partial charge on any atom is 0.338 e. The number of nitro benzene ring substituents is 1. The highest BCUT2D eigenvalue weighted by atomic mass is 16.6. The van der Waals surface area contributed by atoms with Crippen molar-refractivity contribution in [2.75, 3.05) is 11.9 Å². The van der Waals surface area contributed by atoms with Crippen LogP contribution in [0.15, 0.2) is 97.1 Å². The fourth-order valence-electron chi connectivity index (χ4n) is 3.41. The van der Waals surface area contributed by atoms with Gasteiger partial charge in [0.2, 0.25) is 0 Å². The van der Waals surface area contributed by atoms with Gasteiger partial charge in [-0.1, -0.05) is 30.3 Å². The number of carbonyl (C=O) groups is 2. The Morgan fingerprint density at radius 1 is 0.842 bits per heavy atom. The van der Waals surface area contributed by atoms with E-state index in [1.807, 2.05) is 25.1 Å². The minimum Gasteiger partial charge on any atom is -0.483 e. The Morgan fingerprint density at radius 2 is 1.47 bits per heavy atom. The molecule has 0 radical (unpaired) electrons. The summed E-state index contributed by atoms with van der Waals surface area (Å²) >= 11 is 0. The van der Waals surface area contributed by atoms with Gasteiger partial charge in [0.1, 0.15) is 23.9 Å². The molecule has 1 amide bonds. The second kappa shape index (κ2) is 12.2. The number of carbonyl (C=O) groups excluding carboxylic acids is 2. The van der Waals surface area contributed by atoms with E-state index in [-0.39, 0.29) is 24.8 Å². The van der Waals surface area contributed by atoms with E-state index in [1.165, 1.54) is 24.3 Å². The number of anilines is 1. The van der Waals surface area contributed by atoms with Crippen molar-refractivity contribution in [2.24, 2.45) is 0 Å². The predicted octanol–water partition coefficient (Wildman–Crippen LogP) is 6.07. The summed E-state index contributed by atoms with van der Waals surface area (Å²) in [5, 5.41) is 13.5. The molecule has 0 aliphatic heterocycles. The molecule has 0 aliphatic carbocycles. The Kier molecular flexibility index (Phi) is 8.30. The first-order chi connectivity index (χ1) is 18.4. The number of aryl methyl sites for hydroxylation is 1. The lowest BCUT2D eigenvalue weighted by Gasteiger charge is -2.10. The van der Waals surface area contributed by atoms with Gasteiger partial charge in [0.15, 0.2) is 6.61 Å². The van der Waals surface area contributed by atoms with Crippen molar-refractivity contribution in [3.8, 4) is 17.2 Å². The van der Waals surface area contributed by atoms with Crippen molar-refractivity contribution in [3.63, 3.8) is 0 Å². The van der Waals surface area contributed by atoms with Gasteiger partial charge in [-0.3, -0.25) is 14.9 Å². The van der Waals surface area contributed by atoms with Crippen LogP contribution in [0.3, 0.4) is 0 Å². The third kappa shape index (κ3) is 7.17. The number of hydrogen-bond donors (Lipinski definition) is 1. The number of benzene rings is 4. The zero-order valence-corrected chi connectivity index (χ0v) is 20.5. The van der Waals surface area contributed by atoms with Crippen molar-refractivity contribution in [1.29, 1.82) is 0 Å². The molecule has 9 heteroatoms. The molecule has 0 saturated heterocycles. The van der Waals surface area contributed by atoms with E-state index in [2.05, 4.69) is 5.32 Å². The van der Waals surface area contributed by atoms with Gasteiger partial charge >= 0.3 is 5.97 Å². The first-order valence-corrected chi connectivity index (χ1v) is 11.6. The van der Waals surface area contributed by atoms with E-state index in [4.69, 9.17) is 14.2 Å². The van der Waals surface area contributed by atoms with Gasteiger partial charge in [-0.15, -0.1) is 0 Å². The Hall–Kier alpha value is -5.18. The summed E-state index contributed by atoms with van der Waals surface area (Å²) in [6, 6.07) is 26.5. The molecule has 0 aromatic heterocycles. The molecule has 0 saturated carbocycles. The van der Waals surface area contributed by atoms with E-state index in [0.29, 0.717) is 28.5 Å². The van der Waals surface area contributed by atoms with Crippen LogP contribution in [0.4, 0.5) is 11.4 Å². The number of rotatable bonds is 10. The van der Waals surface area contributed by atoms with Gasteiger partial charge in [-0.25, -0.2) is 4.79 Å². The molecule has 0 unspecified atom stereocenters. The quantitative estimate of drug-likeness (QED) is 0.156. The summed E-state index contributed by atoms with van der Waals surface area (Å²) in [5.41, 5.74) is 2.56. The average Bonchev–Trinajstić information content (AvgIpc) is 2.93. The van der Waals surface area contributed by atoms with E-state index >= 15 is 0 Å². The SMILES string of the molecule is Cc1ccccc1OCC(=O)Nc1ccc(C(=O)OCc2ccc(Oc3ccc([N+](=O)[O-])cc3)cc2)cc1. The molecule has 0 spiro atoms. The number of nitrogens with one attached hydrogen (secondary N) is 1. The highest BCUT2D eigenvalue weighted by Gasteiger charge is 2.10. The minimum absolute atomic E-state index is 0.0163. The summed E-state index contributed by atoms with van der Waals surface area (Å²) in [6.45, 7) is 1.83. The van der Waals surface area contributed by atoms with E-state index in [9.17, 15) is 19.7 Å². The summed E-state index contributed by atoms with van der Waals surface area (Å²) < 4.78 is 16.6. The molecule has 1 N–H and O–H groups in total. The lowest BCUT2D eigenvalue weighted by molar-refractivity contribution is -0.384. The van der Waals surface area contributed by atoms with Crippen molar-refractivity contribution >= 4 is 23.3 Å². The van der Waals surface area contributed by atoms with E-state index in [0.717, 1.165) is 11.1 Å². The number of ether oxygens (including phenoxy) is 3. The number of hydrogen-bond acceptors (Lipinski definition) is 7. The fourth-order valence-corrected chi connectivity index (χ4v) is 3.41. The molecule has 4 rings (SSSR count). The monoisotopic (exact) mass is 512 g/mol. The standard InChI is InChI=1S/C29H24N2O7/c1-20-4-2-3-5-27(20)36-19-28(32)30-23-10-8-22(9-11-23)29(33)37-18-21-6-14-25(15-7-21)38-26-16-12-24(13-17-26)31(34)35/h2-17H,18-19H2,1H3,(H,30,32). The van der Waals surface area contributed by atoms with Crippen molar-refractivity contribution in [3.05, 3.63) is 124 Å². The molecule has 0 fully saturated rings. The van der Waals surface area contributed by atoms with Gasteiger partial charge in [0.25, 0.3) is 11.6 Å². The predicted molar refractivity (Wildman–Crippen MR) is 140 cm³/mol. The number of nitro groups is 1. The molecule has 0 atom stereocenters. The fraction of sp³-hybridized carbons (Fsp3) is 0.103. The van der Waals surface area contributed by atoms with Crippen LogP contribution in [0.1, 0.15) is 21.5 Å². The van der Waals surface area contributed by atoms with Gasteiger partial charge in [-0.2, -0.15) is 0 Å². The molecule has 4 aromatic carbocycles. The molecular formula is C29H24N2O7. The van der Waals surface area contributed by atoms with Gasteiger partial charge < -0.3 is 19.5 Å². The van der Waals surface area contributed by atoms with Gasteiger partial charge in [-0.05, 0) is 72.6 Å². The maximum absolute atomic E-state index is 12.4. The molecule has 4 aromatic rings. The number of non-ortho nitro benzene ring substituents is 1. The molecule has 0 heterocycles. The zero-order valence-electron chi connectivity index (χ0n) is 20.5. The minimum atomic E-state index is -0.503. The highest BCUT2D eigenvalue weighted by Crippen LogP contribution is 2.24. The summed E-state index contributed by atoms with van der Waals surface area (Å²) in [7, 11) is 0. The zero-order chi connectivity index (χ0) is 26.9. The average molecular weight is 513 g/mol. The van der Waals surface area contributed by atoms with Crippen LogP contribution >= 0.6 is 0 Å². The van der Waals surface area contributed by atoms with Crippen LogP contribution in [0.5, 0.6) is 17.2 Å². The first kappa shape index (κ1) is 25.9. The third-order valence-electron chi connectivity index (χ3n) is 5.43. The molecule has 0 bridgehead atoms. The lowest BCUT2D eigenvalue weighted by atomic mass is 10.2. The third-order valence-corrected chi connectivity index (χ3v) is 5.43. The van der Waals surface area contributed by atoms with E-state index in [1.54, 1.807) is 54.6 Å². The second-order valence-electron chi connectivity index (χ2n) is 8.25. The Morgan fingerprint density at radius 3 is 2.11 bits per heavy atom. The Balaban J connectivity index is 1.23. The largest absolute Gasteiger partial charge is 0.483 e. The first-order valence-electron chi connectivity index (χ1n) is 11.6. The van der Waals surface area contributed by atoms with Crippen LogP contribution in [0.2, 0.25) is 0 Å². The van der Waals surface area contributed by atoms with Gasteiger partial charge in [0, 0.05) is 17.8 Å². The van der Waals surface area contributed by atoms with Crippen LogP contribution < -0.4 is 14.8 Å². The summed E-state index contributed by atoms with van der Waals surface area (Å²) in [4.78, 5) is 34.9. The van der Waals surface area contributed by atoms with Gasteiger partial charge in [0.05, 0.1) is 10.5 Å². The van der Waals surface area contributed by atoms with Crippen LogP contribution in [0.25, 0.3) is 0 Å². The maximum atomic E-state index is 12.4. The van der Waals surface area contributed by atoms with Crippen molar-refractivity contribution < 1.29 is 28.7 Å². The van der Waals surface area contributed by atoms with Crippen molar-refractivity contribution in [2.45, 2.75) is 13.5 Å². The highest BCUT2D eigenvalue weighted by molar-refractivity contribution is 5.93. The summed E-state index contributed by atoms with van der Waals surface area (Å²) in [5.74, 6) is 0.832. The second-order valence-corrected chi connectivity index (χ2v) is 8.25. The van der Waals surface area contributed by atoms with E-state index < -0.39 is 10.9 Å². The van der Waals surface area contributed by atoms with Crippen LogP contribution in [-0.4, -0.2) is 23.4 Å². The van der Waals surface area contributed by atoms with Crippen molar-refractivity contribution in [1.82, 2.24) is 0 Å². The number of nitrogens with zero attached hydrogens (tertiary/aromatic N) is 1. The number of amides is 1. The number of esters is 1. The van der Waals surface area contributed by atoms with Crippen LogP contribution in [-0.2, 0) is 16.1 Å². The summed E-state index contributed by atoms with van der Waals surface area (Å²) in [6.07, 6.45) is 0. The molecule has 0 aliphatic rings. The Labute approximate surface area is 218 Å².